The van der Waals surface area contributed by atoms with Crippen LogP contribution in [0.5, 0.6) is 5.75 Å². The summed E-state index contributed by atoms with van der Waals surface area (Å²) in [7, 11) is 0. The number of aliphatic hydroxyl groups is 1. The Morgan fingerprint density at radius 1 is 1.36 bits per heavy atom. The second-order valence-electron chi connectivity index (χ2n) is 9.32. The van der Waals surface area contributed by atoms with Crippen molar-refractivity contribution in [1.82, 2.24) is 4.90 Å². The fourth-order valence-corrected chi connectivity index (χ4v) is 5.82. The predicted octanol–water partition coefficient (Wildman–Crippen LogP) is 3.01. The molecule has 4 rings (SSSR count). The van der Waals surface area contributed by atoms with Crippen LogP contribution in [0.15, 0.2) is 24.3 Å². The first-order chi connectivity index (χ1) is 13.2. The number of aryl methyl sites for hydroxylation is 1. The predicted molar refractivity (Wildman–Crippen MR) is 109 cm³/mol. The second kappa shape index (κ2) is 6.60. The van der Waals surface area contributed by atoms with Crippen molar-refractivity contribution in [2.75, 3.05) is 13.1 Å². The van der Waals surface area contributed by atoms with Crippen LogP contribution in [0.3, 0.4) is 0 Å². The lowest BCUT2D eigenvalue weighted by molar-refractivity contribution is -0.147. The molecule has 1 aliphatic heterocycles. The number of allylic oxidation sites excluding steroid dienone is 1. The molecule has 5 heteroatoms. The summed E-state index contributed by atoms with van der Waals surface area (Å²) in [6.45, 7) is 10.2. The van der Waals surface area contributed by atoms with Gasteiger partial charge in [-0.3, -0.25) is 9.69 Å². The third-order valence-electron chi connectivity index (χ3n) is 7.62. The number of primary amides is 1. The summed E-state index contributed by atoms with van der Waals surface area (Å²) in [5, 5.41) is 23.2. The van der Waals surface area contributed by atoms with E-state index in [0.29, 0.717) is 18.4 Å². The number of amides is 1. The number of rotatable bonds is 4. The zero-order valence-electron chi connectivity index (χ0n) is 17.0. The minimum Gasteiger partial charge on any atom is -0.507 e. The van der Waals surface area contributed by atoms with E-state index in [0.717, 1.165) is 43.0 Å². The number of likely N-dealkylation sites (tertiary alicyclic amines) is 1. The molecule has 3 fully saturated rings. The third-order valence-corrected chi connectivity index (χ3v) is 7.62. The number of piperidine rings is 1. The van der Waals surface area contributed by atoms with Crippen LogP contribution < -0.4 is 5.73 Å². The minimum atomic E-state index is -0.986. The van der Waals surface area contributed by atoms with Gasteiger partial charge in [-0.05, 0) is 76.5 Å². The molecule has 0 bridgehead atoms. The number of benzene rings is 1. The molecule has 3 aliphatic rings. The van der Waals surface area contributed by atoms with E-state index in [4.69, 9.17) is 5.73 Å². The molecule has 0 aromatic heterocycles. The zero-order chi connectivity index (χ0) is 20.3. The molecule has 152 valence electrons. The van der Waals surface area contributed by atoms with E-state index in [1.165, 1.54) is 12.8 Å². The van der Waals surface area contributed by atoms with E-state index >= 15 is 0 Å². The van der Waals surface area contributed by atoms with Crippen LogP contribution in [0.25, 0.3) is 0 Å². The van der Waals surface area contributed by atoms with E-state index in [2.05, 4.69) is 18.4 Å². The third kappa shape index (κ3) is 2.79. The summed E-state index contributed by atoms with van der Waals surface area (Å²) in [5.41, 5.74) is 6.67. The molecule has 1 amide bonds. The van der Waals surface area contributed by atoms with E-state index < -0.39 is 16.9 Å². The van der Waals surface area contributed by atoms with Crippen LogP contribution in [-0.4, -0.2) is 45.8 Å². The van der Waals surface area contributed by atoms with Gasteiger partial charge in [0.2, 0.25) is 0 Å². The normalized spacial score (nSPS) is 33.5. The van der Waals surface area contributed by atoms with Gasteiger partial charge in [0.15, 0.2) is 0 Å². The molecule has 2 aliphatic carbocycles. The fraction of sp³-hybridized carbons (Fsp3) is 0.609. The summed E-state index contributed by atoms with van der Waals surface area (Å²) in [6.07, 6.45) is 5.33. The van der Waals surface area contributed by atoms with Crippen molar-refractivity contribution in [2.45, 2.75) is 69.4 Å². The quantitative estimate of drug-likeness (QED) is 0.697. The summed E-state index contributed by atoms with van der Waals surface area (Å²) < 4.78 is 0. The monoisotopic (exact) mass is 384 g/mol. The number of fused-ring (bicyclic) bond motifs is 1. The molecular weight excluding hydrogens is 352 g/mol. The average molecular weight is 385 g/mol. The highest BCUT2D eigenvalue weighted by molar-refractivity contribution is 5.96. The van der Waals surface area contributed by atoms with E-state index in [-0.39, 0.29) is 17.4 Å². The maximum atomic E-state index is 12.2. The van der Waals surface area contributed by atoms with Gasteiger partial charge in [-0.25, -0.2) is 0 Å². The molecule has 0 unspecified atom stereocenters. The van der Waals surface area contributed by atoms with E-state index in [9.17, 15) is 15.0 Å². The maximum Gasteiger partial charge on any atom is 0.252 e. The Balaban J connectivity index is 1.86. The zero-order valence-corrected chi connectivity index (χ0v) is 17.0. The molecule has 1 saturated heterocycles. The van der Waals surface area contributed by atoms with Gasteiger partial charge in [-0.2, -0.15) is 0 Å². The second-order valence-corrected chi connectivity index (χ2v) is 9.32. The topological polar surface area (TPSA) is 86.8 Å². The standard InChI is InChI=1S/C23H32N2O3/c1-14-8-9-23(28)16(3)25(13-17-5-6-17)11-10-22(23,12-14)19-15(2)4-7-18(20(19)26)21(24)27/h4,7,16-17,26,28H,1,5-6,8-13H2,2-3H3,(H2,24,27)/t16-,22-,23-/m1/s1. The molecule has 1 aromatic carbocycles. The van der Waals surface area contributed by atoms with Crippen LogP contribution in [0, 0.1) is 12.8 Å². The molecule has 0 radical (unpaired) electrons. The summed E-state index contributed by atoms with van der Waals surface area (Å²) >= 11 is 0. The van der Waals surface area contributed by atoms with Gasteiger partial charge in [-0.15, -0.1) is 0 Å². The number of phenols is 1. The fourth-order valence-electron chi connectivity index (χ4n) is 5.82. The van der Waals surface area contributed by atoms with Crippen LogP contribution >= 0.6 is 0 Å². The van der Waals surface area contributed by atoms with Gasteiger partial charge < -0.3 is 15.9 Å². The number of carbonyl (C=O) groups excluding carboxylic acids is 1. The number of aromatic hydroxyl groups is 1. The van der Waals surface area contributed by atoms with Crippen molar-refractivity contribution in [3.05, 3.63) is 41.0 Å². The Morgan fingerprint density at radius 2 is 2.07 bits per heavy atom. The molecule has 0 spiro atoms. The van der Waals surface area contributed by atoms with Gasteiger partial charge in [0, 0.05) is 23.6 Å². The number of hydrogen-bond donors (Lipinski definition) is 3. The smallest absolute Gasteiger partial charge is 0.252 e. The molecule has 3 atom stereocenters. The van der Waals surface area contributed by atoms with Crippen molar-refractivity contribution in [2.24, 2.45) is 11.7 Å². The van der Waals surface area contributed by atoms with Gasteiger partial charge >= 0.3 is 0 Å². The molecule has 2 saturated carbocycles. The maximum absolute atomic E-state index is 12.2. The van der Waals surface area contributed by atoms with Crippen molar-refractivity contribution < 1.29 is 15.0 Å². The Labute approximate surface area is 167 Å². The van der Waals surface area contributed by atoms with E-state index in [1.807, 2.05) is 13.0 Å². The average Bonchev–Trinajstić information content (AvgIpc) is 3.44. The Hall–Kier alpha value is -1.85. The number of nitrogens with zero attached hydrogens (tertiary/aromatic N) is 1. The van der Waals surface area contributed by atoms with Crippen molar-refractivity contribution in [1.29, 1.82) is 0 Å². The van der Waals surface area contributed by atoms with Crippen LogP contribution in [0.4, 0.5) is 0 Å². The molecule has 4 N–H and O–H groups in total. The van der Waals surface area contributed by atoms with Gasteiger partial charge in [0.1, 0.15) is 5.75 Å². The first-order valence-electron chi connectivity index (χ1n) is 10.5. The SMILES string of the molecule is C=C1CC[C@@]2(O)[C@@H](C)N(CC3CC3)CC[C@]2(c2c(C)ccc(C(N)=O)c2O)C1. The lowest BCUT2D eigenvalue weighted by Crippen LogP contribution is -2.69. The minimum absolute atomic E-state index is 0.0222. The first-order valence-corrected chi connectivity index (χ1v) is 10.5. The van der Waals surface area contributed by atoms with Crippen LogP contribution in [0.2, 0.25) is 0 Å². The number of carbonyl (C=O) groups is 1. The van der Waals surface area contributed by atoms with E-state index in [1.54, 1.807) is 6.07 Å². The molecule has 5 nitrogen and oxygen atoms in total. The highest BCUT2D eigenvalue weighted by atomic mass is 16.3. The summed E-state index contributed by atoms with van der Waals surface area (Å²) in [6, 6.07) is 3.39. The Kier molecular flexibility index (Phi) is 4.59. The lowest BCUT2D eigenvalue weighted by atomic mass is 9.52. The Bertz CT molecular complexity index is 831. The van der Waals surface area contributed by atoms with Crippen LogP contribution in [0.1, 0.15) is 66.9 Å². The first kappa shape index (κ1) is 19.5. The lowest BCUT2D eigenvalue weighted by Gasteiger charge is -2.61. The molecule has 1 heterocycles. The number of hydrogen-bond acceptors (Lipinski definition) is 4. The van der Waals surface area contributed by atoms with Crippen molar-refractivity contribution in [3.63, 3.8) is 0 Å². The molecule has 1 aromatic rings. The highest BCUT2D eigenvalue weighted by Gasteiger charge is 2.61. The van der Waals surface area contributed by atoms with Gasteiger partial charge in [0.05, 0.1) is 11.2 Å². The van der Waals surface area contributed by atoms with Crippen molar-refractivity contribution in [3.8, 4) is 5.75 Å². The largest absolute Gasteiger partial charge is 0.507 e. The summed E-state index contributed by atoms with van der Waals surface area (Å²) in [4.78, 5) is 14.3. The number of nitrogens with two attached hydrogens (primary N) is 1. The van der Waals surface area contributed by atoms with Gasteiger partial charge in [-0.1, -0.05) is 18.2 Å². The summed E-state index contributed by atoms with van der Waals surface area (Å²) in [5.74, 6) is 0.0430. The highest BCUT2D eigenvalue weighted by Crippen LogP contribution is 2.58. The Morgan fingerprint density at radius 3 is 2.71 bits per heavy atom. The van der Waals surface area contributed by atoms with Crippen LogP contribution in [-0.2, 0) is 5.41 Å². The molecule has 28 heavy (non-hydrogen) atoms. The van der Waals surface area contributed by atoms with Crippen molar-refractivity contribution >= 4 is 5.91 Å². The van der Waals surface area contributed by atoms with Gasteiger partial charge in [0.25, 0.3) is 5.91 Å². The molecular formula is C23H32N2O3.